The summed E-state index contributed by atoms with van der Waals surface area (Å²) in [5, 5.41) is 6.55. The maximum Gasteiger partial charge on any atom is 0.135 e. The molecule has 0 amide bonds. The number of hydrogen-bond donors (Lipinski definition) is 0. The van der Waals surface area contributed by atoms with E-state index in [1.165, 1.54) is 21.7 Å². The second kappa shape index (κ2) is 8.08. The van der Waals surface area contributed by atoms with Gasteiger partial charge in [-0.25, -0.2) is 0 Å². The topological polar surface area (TPSA) is 14.2 Å². The largest absolute Gasteiger partial charge is 0.456 e. The van der Waals surface area contributed by atoms with Crippen LogP contribution in [0.5, 0.6) is 11.5 Å². The molecule has 40 heavy (non-hydrogen) atoms. The molecule has 8 aromatic rings. The molecule has 0 aliphatic carbocycles. The van der Waals surface area contributed by atoms with Crippen LogP contribution in [-0.4, -0.2) is 4.57 Å². The number of hydrogen-bond acceptors (Lipinski definition) is 1. The quantitative estimate of drug-likeness (QED) is 0.224. The predicted octanol–water partition coefficient (Wildman–Crippen LogP) is 10.5. The first-order valence-corrected chi connectivity index (χ1v) is 13.4. The van der Waals surface area contributed by atoms with Gasteiger partial charge in [-0.05, 0) is 63.8 Å². The fourth-order valence-corrected chi connectivity index (χ4v) is 6.39. The molecule has 0 atom stereocenters. The van der Waals surface area contributed by atoms with Gasteiger partial charge in [0.25, 0.3) is 0 Å². The SMILES string of the molecule is [2H]c1c([2H])c([2H])c2c(c1[2H])Oc1ccc(-c3ccc4c(c3)c3ccc5ccccc5c3n4-c3ccccc3)c3cccc-2c13. The summed E-state index contributed by atoms with van der Waals surface area (Å²) in [6.45, 7) is 0. The van der Waals surface area contributed by atoms with E-state index in [0.29, 0.717) is 11.3 Å². The Labute approximate surface area is 236 Å². The highest BCUT2D eigenvalue weighted by molar-refractivity contribution is 6.19. The fourth-order valence-electron chi connectivity index (χ4n) is 6.39. The molecule has 0 unspecified atom stereocenters. The van der Waals surface area contributed by atoms with Crippen molar-refractivity contribution in [2.24, 2.45) is 0 Å². The highest BCUT2D eigenvalue weighted by Gasteiger charge is 2.22. The van der Waals surface area contributed by atoms with E-state index in [2.05, 4.69) is 89.5 Å². The molecule has 0 saturated carbocycles. The van der Waals surface area contributed by atoms with Gasteiger partial charge in [0.2, 0.25) is 0 Å². The van der Waals surface area contributed by atoms with Crippen molar-refractivity contribution in [1.82, 2.24) is 4.57 Å². The number of fused-ring (bicyclic) bond motifs is 7. The summed E-state index contributed by atoms with van der Waals surface area (Å²) in [7, 11) is 0. The molecular weight excluding hydrogens is 486 g/mol. The van der Waals surface area contributed by atoms with Crippen molar-refractivity contribution in [2.75, 3.05) is 0 Å². The molecular formula is C38H23NO. The molecule has 2 heterocycles. The van der Waals surface area contributed by atoms with Crippen LogP contribution in [0.3, 0.4) is 0 Å². The summed E-state index contributed by atoms with van der Waals surface area (Å²) in [6.07, 6.45) is 0. The summed E-state index contributed by atoms with van der Waals surface area (Å²) in [6, 6.07) is 39.1. The molecule has 0 bridgehead atoms. The zero-order valence-corrected chi connectivity index (χ0v) is 21.3. The second-order valence-electron chi connectivity index (χ2n) is 10.2. The van der Waals surface area contributed by atoms with Gasteiger partial charge in [0.15, 0.2) is 0 Å². The second-order valence-corrected chi connectivity index (χ2v) is 10.2. The van der Waals surface area contributed by atoms with Gasteiger partial charge in [0.1, 0.15) is 11.5 Å². The molecule has 1 aromatic heterocycles. The average molecular weight is 514 g/mol. The Morgan fingerprint density at radius 3 is 2.35 bits per heavy atom. The van der Waals surface area contributed by atoms with E-state index < -0.39 is 0 Å². The highest BCUT2D eigenvalue weighted by atomic mass is 16.5. The van der Waals surface area contributed by atoms with Crippen LogP contribution < -0.4 is 4.74 Å². The summed E-state index contributed by atoms with van der Waals surface area (Å²) >= 11 is 0. The van der Waals surface area contributed by atoms with Crippen LogP contribution in [0.4, 0.5) is 0 Å². The van der Waals surface area contributed by atoms with Crippen molar-refractivity contribution in [3.63, 3.8) is 0 Å². The molecule has 186 valence electrons. The number of para-hydroxylation sites is 2. The molecule has 9 rings (SSSR count). The summed E-state index contributed by atoms with van der Waals surface area (Å²) < 4.78 is 42.1. The minimum Gasteiger partial charge on any atom is -0.456 e. The van der Waals surface area contributed by atoms with Crippen molar-refractivity contribution in [2.45, 2.75) is 0 Å². The van der Waals surface area contributed by atoms with Crippen molar-refractivity contribution >= 4 is 43.4 Å². The zero-order chi connectivity index (χ0) is 29.7. The first kappa shape index (κ1) is 18.0. The Morgan fingerprint density at radius 2 is 1.40 bits per heavy atom. The molecule has 2 nitrogen and oxygen atoms in total. The third kappa shape index (κ3) is 2.93. The van der Waals surface area contributed by atoms with Crippen molar-refractivity contribution in [1.29, 1.82) is 0 Å². The lowest BCUT2D eigenvalue weighted by atomic mass is 9.90. The maximum atomic E-state index is 8.66. The van der Waals surface area contributed by atoms with Gasteiger partial charge in [-0.1, -0.05) is 103 Å². The zero-order valence-electron chi connectivity index (χ0n) is 25.3. The van der Waals surface area contributed by atoms with Gasteiger partial charge in [-0.3, -0.25) is 0 Å². The summed E-state index contributed by atoms with van der Waals surface area (Å²) in [5.41, 5.74) is 6.66. The van der Waals surface area contributed by atoms with Crippen LogP contribution in [0.25, 0.3) is 71.3 Å². The minimum absolute atomic E-state index is 0.0908. The Kier molecular flexibility index (Phi) is 3.64. The maximum absolute atomic E-state index is 8.66. The van der Waals surface area contributed by atoms with Gasteiger partial charge in [-0.2, -0.15) is 0 Å². The van der Waals surface area contributed by atoms with E-state index in [-0.39, 0.29) is 29.9 Å². The molecule has 1 aliphatic rings. The standard InChI is InChI=1S/C38H23NO/c1-2-10-26(11-3-1)39-34-21-18-25(23-33(34)32-19-17-24-9-4-5-12-28(24)38(32)39)27-20-22-36-37-30(27)14-8-15-31(37)29-13-6-7-16-35(29)40-36/h1-23H/i6D,7D,13D,16D. The van der Waals surface area contributed by atoms with Crippen LogP contribution in [0, 0.1) is 0 Å². The molecule has 0 fully saturated rings. The minimum atomic E-state index is -0.295. The molecule has 2 heteroatoms. The Bertz CT molecular complexity index is 2520. The summed E-state index contributed by atoms with van der Waals surface area (Å²) in [4.78, 5) is 0. The lowest BCUT2D eigenvalue weighted by Gasteiger charge is -2.22. The van der Waals surface area contributed by atoms with Gasteiger partial charge >= 0.3 is 0 Å². The van der Waals surface area contributed by atoms with Gasteiger partial charge < -0.3 is 9.30 Å². The lowest BCUT2D eigenvalue weighted by Crippen LogP contribution is -1.97. The van der Waals surface area contributed by atoms with Crippen LogP contribution in [0.2, 0.25) is 0 Å². The Hall–Kier alpha value is -5.34. The fraction of sp³-hybridized carbons (Fsp3) is 0. The first-order valence-electron chi connectivity index (χ1n) is 15.4. The van der Waals surface area contributed by atoms with E-state index >= 15 is 0 Å². The number of aromatic nitrogens is 1. The van der Waals surface area contributed by atoms with Crippen LogP contribution in [-0.2, 0) is 0 Å². The van der Waals surface area contributed by atoms with Gasteiger partial charge in [-0.15, -0.1) is 0 Å². The summed E-state index contributed by atoms with van der Waals surface area (Å²) in [5.74, 6) is 0.760. The smallest absolute Gasteiger partial charge is 0.135 e. The van der Waals surface area contributed by atoms with Crippen LogP contribution in [0.15, 0.2) is 139 Å². The number of ether oxygens (including phenoxy) is 1. The normalized spacial score (nSPS) is 13.6. The molecule has 0 N–H and O–H groups in total. The average Bonchev–Trinajstić information content (AvgIpc) is 3.41. The number of rotatable bonds is 2. The van der Waals surface area contributed by atoms with Gasteiger partial charge in [0, 0.05) is 32.8 Å². The van der Waals surface area contributed by atoms with E-state index in [0.717, 1.165) is 44.1 Å². The van der Waals surface area contributed by atoms with Crippen LogP contribution in [0.1, 0.15) is 5.48 Å². The van der Waals surface area contributed by atoms with Crippen LogP contribution >= 0.6 is 0 Å². The van der Waals surface area contributed by atoms with Crippen molar-refractivity contribution in [3.05, 3.63) is 139 Å². The molecule has 7 aromatic carbocycles. The highest BCUT2D eigenvalue weighted by Crippen LogP contribution is 2.49. The molecule has 0 saturated heterocycles. The monoisotopic (exact) mass is 513 g/mol. The Morgan fingerprint density at radius 1 is 0.550 bits per heavy atom. The Balaban J connectivity index is 1.33. The van der Waals surface area contributed by atoms with Crippen molar-refractivity contribution < 1.29 is 10.2 Å². The number of benzene rings is 7. The lowest BCUT2D eigenvalue weighted by molar-refractivity contribution is 0.487. The third-order valence-corrected chi connectivity index (χ3v) is 8.11. The first-order chi connectivity index (χ1) is 21.5. The van der Waals surface area contributed by atoms with E-state index in [4.69, 9.17) is 10.2 Å². The molecule has 0 radical (unpaired) electrons. The van der Waals surface area contributed by atoms with E-state index in [9.17, 15) is 0 Å². The van der Waals surface area contributed by atoms with Gasteiger partial charge in [0.05, 0.1) is 16.5 Å². The predicted molar refractivity (Wildman–Crippen MR) is 167 cm³/mol. The molecule has 0 spiro atoms. The molecule has 1 aliphatic heterocycles. The number of nitrogens with zero attached hydrogens (tertiary/aromatic N) is 1. The van der Waals surface area contributed by atoms with Crippen molar-refractivity contribution in [3.8, 4) is 39.4 Å². The third-order valence-electron chi connectivity index (χ3n) is 8.11. The van der Waals surface area contributed by atoms with E-state index in [1.54, 1.807) is 0 Å². The van der Waals surface area contributed by atoms with E-state index in [1.807, 2.05) is 30.3 Å².